The topological polar surface area (TPSA) is 62.1 Å². The maximum atomic E-state index is 12.9. The summed E-state index contributed by atoms with van der Waals surface area (Å²) in [6.45, 7) is 9.40. The third kappa shape index (κ3) is 4.52. The van der Waals surface area contributed by atoms with E-state index in [0.29, 0.717) is 43.7 Å². The number of piperazine rings is 1. The molecule has 150 valence electrons. The fraction of sp³-hybridized carbons (Fsp3) is 0.650. The zero-order valence-corrected chi connectivity index (χ0v) is 17.5. The van der Waals surface area contributed by atoms with Crippen LogP contribution in [-0.4, -0.2) is 68.8 Å². The van der Waals surface area contributed by atoms with Gasteiger partial charge in [0.15, 0.2) is 6.54 Å². The van der Waals surface area contributed by atoms with Crippen LogP contribution < -0.4 is 4.90 Å². The van der Waals surface area contributed by atoms with Crippen LogP contribution in [0, 0.1) is 13.8 Å². The Hall–Kier alpha value is -1.44. The lowest BCUT2D eigenvalue weighted by Crippen LogP contribution is -3.17. The summed E-state index contributed by atoms with van der Waals surface area (Å²) in [6, 6.07) is 5.80. The van der Waals surface area contributed by atoms with E-state index in [1.807, 2.05) is 24.8 Å². The van der Waals surface area contributed by atoms with E-state index in [4.69, 9.17) is 0 Å². The molecule has 0 aromatic heterocycles. The molecular weight excluding hydrogens is 362 g/mol. The Kier molecular flexibility index (Phi) is 6.23. The van der Waals surface area contributed by atoms with Crippen molar-refractivity contribution in [1.29, 1.82) is 0 Å². The van der Waals surface area contributed by atoms with Crippen molar-refractivity contribution in [3.05, 3.63) is 29.3 Å². The van der Waals surface area contributed by atoms with Crippen LogP contribution in [0.25, 0.3) is 0 Å². The zero-order chi connectivity index (χ0) is 19.6. The summed E-state index contributed by atoms with van der Waals surface area (Å²) in [5.74, 6) is 0.155. The number of carbonyl (C=O) groups is 1. The molecule has 0 saturated carbocycles. The van der Waals surface area contributed by atoms with E-state index in [1.54, 1.807) is 12.1 Å². The molecule has 1 unspecified atom stereocenters. The Morgan fingerprint density at radius 3 is 2.44 bits per heavy atom. The van der Waals surface area contributed by atoms with Crippen LogP contribution in [0.15, 0.2) is 23.1 Å². The zero-order valence-electron chi connectivity index (χ0n) is 16.7. The summed E-state index contributed by atoms with van der Waals surface area (Å²) in [4.78, 5) is 16.2. The number of benzene rings is 1. The first-order valence-corrected chi connectivity index (χ1v) is 11.4. The van der Waals surface area contributed by atoms with Gasteiger partial charge in [-0.25, -0.2) is 8.42 Å². The van der Waals surface area contributed by atoms with Gasteiger partial charge in [0.05, 0.1) is 17.5 Å². The summed E-state index contributed by atoms with van der Waals surface area (Å²) in [7, 11) is -3.50. The highest BCUT2D eigenvalue weighted by Crippen LogP contribution is 2.20. The number of hydrogen-bond acceptors (Lipinski definition) is 3. The SMILES string of the molecule is Cc1ccc(S(=O)(=O)N2CCN(C(=O)C[NH+]3CCCC[C@H]3C)CC2)cc1C. The van der Waals surface area contributed by atoms with Crippen LogP contribution in [0.1, 0.15) is 37.3 Å². The highest BCUT2D eigenvalue weighted by atomic mass is 32.2. The minimum atomic E-state index is -3.50. The van der Waals surface area contributed by atoms with Gasteiger partial charge in [0.1, 0.15) is 0 Å². The average Bonchev–Trinajstić information content (AvgIpc) is 2.65. The molecule has 6 nitrogen and oxygen atoms in total. The minimum Gasteiger partial charge on any atom is -0.335 e. The van der Waals surface area contributed by atoms with Crippen molar-refractivity contribution >= 4 is 15.9 Å². The fourth-order valence-electron chi connectivity index (χ4n) is 4.02. The lowest BCUT2D eigenvalue weighted by molar-refractivity contribution is -0.921. The second-order valence-corrected chi connectivity index (χ2v) is 9.95. The summed E-state index contributed by atoms with van der Waals surface area (Å²) in [5, 5.41) is 0. The number of aryl methyl sites for hydroxylation is 2. The number of amides is 1. The first kappa shape index (κ1) is 20.3. The molecular formula is C20H32N3O3S+. The molecule has 1 N–H and O–H groups in total. The third-order valence-corrected chi connectivity index (χ3v) is 8.06. The first-order valence-electron chi connectivity index (χ1n) is 9.99. The summed E-state index contributed by atoms with van der Waals surface area (Å²) in [6.07, 6.45) is 3.63. The maximum Gasteiger partial charge on any atom is 0.277 e. The predicted molar refractivity (Wildman–Crippen MR) is 105 cm³/mol. The molecule has 2 aliphatic heterocycles. The van der Waals surface area contributed by atoms with Crippen molar-refractivity contribution in [2.45, 2.75) is 51.0 Å². The molecule has 2 heterocycles. The van der Waals surface area contributed by atoms with Crippen LogP contribution in [0.2, 0.25) is 0 Å². The number of piperidine rings is 1. The van der Waals surface area contributed by atoms with Crippen molar-refractivity contribution in [1.82, 2.24) is 9.21 Å². The van der Waals surface area contributed by atoms with Gasteiger partial charge in [-0.2, -0.15) is 4.31 Å². The van der Waals surface area contributed by atoms with Crippen molar-refractivity contribution < 1.29 is 18.1 Å². The summed E-state index contributed by atoms with van der Waals surface area (Å²) < 4.78 is 27.3. The number of carbonyl (C=O) groups excluding carboxylic acids is 1. The third-order valence-electron chi connectivity index (χ3n) is 6.17. The number of sulfonamides is 1. The molecule has 2 saturated heterocycles. The quantitative estimate of drug-likeness (QED) is 0.813. The molecule has 1 aromatic rings. The van der Waals surface area contributed by atoms with Crippen LogP contribution in [0.4, 0.5) is 0 Å². The molecule has 27 heavy (non-hydrogen) atoms. The number of likely N-dealkylation sites (tertiary alicyclic amines) is 1. The van der Waals surface area contributed by atoms with E-state index in [0.717, 1.165) is 17.7 Å². The van der Waals surface area contributed by atoms with E-state index in [2.05, 4.69) is 6.92 Å². The molecule has 0 aliphatic carbocycles. The average molecular weight is 395 g/mol. The molecule has 7 heteroatoms. The van der Waals surface area contributed by atoms with E-state index >= 15 is 0 Å². The highest BCUT2D eigenvalue weighted by Gasteiger charge is 2.32. The number of quaternary nitrogens is 1. The molecule has 1 amide bonds. The Balaban J connectivity index is 1.59. The Bertz CT molecular complexity index is 786. The van der Waals surface area contributed by atoms with E-state index in [9.17, 15) is 13.2 Å². The van der Waals surface area contributed by atoms with E-state index < -0.39 is 10.0 Å². The monoisotopic (exact) mass is 394 g/mol. The van der Waals surface area contributed by atoms with Crippen LogP contribution >= 0.6 is 0 Å². The van der Waals surface area contributed by atoms with Gasteiger partial charge in [-0.1, -0.05) is 6.07 Å². The lowest BCUT2D eigenvalue weighted by atomic mass is 10.0. The maximum absolute atomic E-state index is 12.9. The van der Waals surface area contributed by atoms with Crippen LogP contribution in [-0.2, 0) is 14.8 Å². The number of nitrogens with one attached hydrogen (secondary N) is 1. The first-order chi connectivity index (χ1) is 12.8. The second-order valence-electron chi connectivity index (χ2n) is 8.01. The molecule has 3 rings (SSSR count). The van der Waals surface area contributed by atoms with Gasteiger partial charge < -0.3 is 9.80 Å². The van der Waals surface area contributed by atoms with Crippen molar-refractivity contribution in [2.24, 2.45) is 0 Å². The van der Waals surface area contributed by atoms with E-state index in [1.165, 1.54) is 28.5 Å². The van der Waals surface area contributed by atoms with Crippen LogP contribution in [0.3, 0.4) is 0 Å². The minimum absolute atomic E-state index is 0.155. The smallest absolute Gasteiger partial charge is 0.277 e. The van der Waals surface area contributed by atoms with Crippen molar-refractivity contribution in [3.63, 3.8) is 0 Å². The molecule has 2 fully saturated rings. The Labute approximate surface area is 163 Å². The van der Waals surface area contributed by atoms with Crippen molar-refractivity contribution in [2.75, 3.05) is 39.3 Å². The number of hydrogen-bond donors (Lipinski definition) is 1. The lowest BCUT2D eigenvalue weighted by Gasteiger charge is -2.36. The molecule has 0 spiro atoms. The summed E-state index contributed by atoms with van der Waals surface area (Å²) in [5.41, 5.74) is 2.06. The largest absolute Gasteiger partial charge is 0.335 e. The van der Waals surface area contributed by atoms with Crippen molar-refractivity contribution in [3.8, 4) is 0 Å². The van der Waals surface area contributed by atoms with Gasteiger partial charge in [0.2, 0.25) is 10.0 Å². The van der Waals surface area contributed by atoms with E-state index in [-0.39, 0.29) is 5.91 Å². The molecule has 2 aliphatic rings. The predicted octanol–water partition coefficient (Wildman–Crippen LogP) is 0.594. The molecule has 1 aromatic carbocycles. The fourth-order valence-corrected chi connectivity index (χ4v) is 5.53. The summed E-state index contributed by atoms with van der Waals surface area (Å²) >= 11 is 0. The molecule has 0 bridgehead atoms. The second kappa shape index (κ2) is 8.29. The highest BCUT2D eigenvalue weighted by molar-refractivity contribution is 7.89. The number of rotatable bonds is 4. The normalized spacial score (nSPS) is 24.8. The van der Waals surface area contributed by atoms with Crippen LogP contribution in [0.5, 0.6) is 0 Å². The molecule has 0 radical (unpaired) electrons. The molecule has 2 atom stereocenters. The van der Waals surface area contributed by atoms with Gasteiger partial charge in [-0.05, 0) is 63.3 Å². The van der Waals surface area contributed by atoms with Gasteiger partial charge in [0, 0.05) is 26.2 Å². The van der Waals surface area contributed by atoms with Gasteiger partial charge >= 0.3 is 0 Å². The Morgan fingerprint density at radius 2 is 1.81 bits per heavy atom. The standard InChI is InChI=1S/C20H31N3O3S/c1-16-7-8-19(14-17(16)2)27(25,26)23-12-10-21(11-13-23)20(24)15-22-9-5-4-6-18(22)3/h7-8,14,18H,4-6,9-13,15H2,1-3H3/p+1/t18-/m1/s1. The van der Waals surface area contributed by atoms with Gasteiger partial charge in [0.25, 0.3) is 5.91 Å². The Morgan fingerprint density at radius 1 is 1.11 bits per heavy atom. The number of nitrogens with zero attached hydrogens (tertiary/aromatic N) is 2. The van der Waals surface area contributed by atoms with Gasteiger partial charge in [-0.15, -0.1) is 0 Å². The van der Waals surface area contributed by atoms with Gasteiger partial charge in [-0.3, -0.25) is 4.79 Å².